The van der Waals surface area contributed by atoms with Gasteiger partial charge in [-0.05, 0) is 31.4 Å². The van der Waals surface area contributed by atoms with Crippen LogP contribution in [0.15, 0.2) is 29.2 Å². The summed E-state index contributed by atoms with van der Waals surface area (Å²) < 4.78 is 0. The van der Waals surface area contributed by atoms with Crippen LogP contribution in [-0.4, -0.2) is 23.6 Å². The molecule has 1 fully saturated rings. The highest BCUT2D eigenvalue weighted by Crippen LogP contribution is 2.29. The molecule has 1 saturated carbocycles. The highest BCUT2D eigenvalue weighted by atomic mass is 35.5. The Morgan fingerprint density at radius 1 is 1.29 bits per heavy atom. The first kappa shape index (κ1) is 17.8. The molecule has 0 radical (unpaired) electrons. The number of carbonyl (C=O) groups is 2. The highest BCUT2D eigenvalue weighted by Gasteiger charge is 2.28. The molecule has 0 aromatic heterocycles. The van der Waals surface area contributed by atoms with E-state index in [1.165, 1.54) is 11.8 Å². The molecule has 0 heterocycles. The van der Waals surface area contributed by atoms with Crippen LogP contribution in [0.1, 0.15) is 19.3 Å². The minimum Gasteiger partial charge on any atom is -0.369 e. The lowest BCUT2D eigenvalue weighted by atomic mass is 10.1. The van der Waals surface area contributed by atoms with Crippen molar-refractivity contribution in [1.29, 1.82) is 0 Å². The normalized spacial score (nSPS) is 20.6. The van der Waals surface area contributed by atoms with Crippen molar-refractivity contribution < 1.29 is 9.59 Å². The molecule has 1 aromatic rings. The largest absolute Gasteiger partial charge is 0.369 e. The summed E-state index contributed by atoms with van der Waals surface area (Å²) in [5.41, 5.74) is 11.7. The third kappa shape index (κ3) is 5.22. The molecule has 7 heteroatoms. The Labute approximate surface area is 134 Å². The number of carbonyl (C=O) groups excluding carboxylic acids is 2. The van der Waals surface area contributed by atoms with E-state index in [4.69, 9.17) is 11.5 Å². The molecule has 2 rings (SSSR count). The van der Waals surface area contributed by atoms with Crippen LogP contribution < -0.4 is 16.8 Å². The van der Waals surface area contributed by atoms with Crippen LogP contribution in [0.5, 0.6) is 0 Å². The van der Waals surface area contributed by atoms with E-state index in [2.05, 4.69) is 5.32 Å². The number of primary amides is 1. The summed E-state index contributed by atoms with van der Waals surface area (Å²) in [4.78, 5) is 23.9. The standard InChI is InChI=1S/C14H19N3O2S.ClH/c15-10-6-5-9(7-10)14(19)17-11-3-1-2-4-12(11)20-8-13(16)18;/h1-4,9-10H,5-8,15H2,(H2,16,18)(H,17,19);1H. The zero-order valence-electron chi connectivity index (χ0n) is 11.6. The molecule has 1 aromatic carbocycles. The summed E-state index contributed by atoms with van der Waals surface area (Å²) in [5.74, 6) is -0.191. The number of benzene rings is 1. The Bertz CT molecular complexity index is 513. The molecule has 0 bridgehead atoms. The van der Waals surface area contributed by atoms with Crippen LogP contribution in [0, 0.1) is 5.92 Å². The van der Waals surface area contributed by atoms with Gasteiger partial charge in [-0.1, -0.05) is 12.1 Å². The van der Waals surface area contributed by atoms with Gasteiger partial charge in [0.1, 0.15) is 0 Å². The lowest BCUT2D eigenvalue weighted by molar-refractivity contribution is -0.119. The molecule has 2 unspecified atom stereocenters. The maximum absolute atomic E-state index is 12.2. The molecule has 5 N–H and O–H groups in total. The van der Waals surface area contributed by atoms with Gasteiger partial charge in [-0.15, -0.1) is 24.2 Å². The summed E-state index contributed by atoms with van der Waals surface area (Å²) >= 11 is 1.33. The Morgan fingerprint density at radius 3 is 2.62 bits per heavy atom. The van der Waals surface area contributed by atoms with Crippen molar-refractivity contribution in [3.05, 3.63) is 24.3 Å². The Kier molecular flexibility index (Phi) is 7.01. The second kappa shape index (κ2) is 8.26. The summed E-state index contributed by atoms with van der Waals surface area (Å²) in [5, 5.41) is 2.93. The van der Waals surface area contributed by atoms with Crippen molar-refractivity contribution in [3.8, 4) is 0 Å². The minimum atomic E-state index is -0.377. The predicted molar refractivity (Wildman–Crippen MR) is 87.6 cm³/mol. The number of thioether (sulfide) groups is 1. The fraction of sp³-hybridized carbons (Fsp3) is 0.429. The Balaban J connectivity index is 0.00000220. The zero-order chi connectivity index (χ0) is 14.5. The molecule has 1 aliphatic rings. The van der Waals surface area contributed by atoms with Gasteiger partial charge < -0.3 is 16.8 Å². The van der Waals surface area contributed by atoms with E-state index in [1.54, 1.807) is 0 Å². The van der Waals surface area contributed by atoms with Gasteiger partial charge in [-0.25, -0.2) is 0 Å². The number of para-hydroxylation sites is 1. The van der Waals surface area contributed by atoms with Gasteiger partial charge in [-0.2, -0.15) is 0 Å². The van der Waals surface area contributed by atoms with Gasteiger partial charge in [0.25, 0.3) is 0 Å². The van der Waals surface area contributed by atoms with Crippen LogP contribution >= 0.6 is 24.2 Å². The fourth-order valence-electron chi connectivity index (χ4n) is 2.33. The van der Waals surface area contributed by atoms with E-state index < -0.39 is 0 Å². The first-order valence-corrected chi connectivity index (χ1v) is 7.61. The second-order valence-corrected chi connectivity index (χ2v) is 6.03. The molecule has 5 nitrogen and oxygen atoms in total. The first-order valence-electron chi connectivity index (χ1n) is 6.63. The molecule has 116 valence electrons. The first-order chi connectivity index (χ1) is 9.56. The summed E-state index contributed by atoms with van der Waals surface area (Å²) in [7, 11) is 0. The van der Waals surface area contributed by atoms with Crippen LogP contribution in [0.2, 0.25) is 0 Å². The topological polar surface area (TPSA) is 98.2 Å². The molecule has 1 aliphatic carbocycles. The van der Waals surface area contributed by atoms with Gasteiger partial charge in [0.15, 0.2) is 0 Å². The van der Waals surface area contributed by atoms with Crippen molar-refractivity contribution in [3.63, 3.8) is 0 Å². The van der Waals surface area contributed by atoms with Gasteiger partial charge >= 0.3 is 0 Å². The quantitative estimate of drug-likeness (QED) is 0.717. The van der Waals surface area contributed by atoms with Crippen LogP contribution in [-0.2, 0) is 9.59 Å². The lowest BCUT2D eigenvalue weighted by Gasteiger charge is -2.13. The van der Waals surface area contributed by atoms with Crippen molar-refractivity contribution in [2.75, 3.05) is 11.1 Å². The van der Waals surface area contributed by atoms with E-state index in [0.29, 0.717) is 0 Å². The number of nitrogens with one attached hydrogen (secondary N) is 1. The Morgan fingerprint density at radius 2 is 2.00 bits per heavy atom. The Hall–Kier alpha value is -1.24. The van der Waals surface area contributed by atoms with Crippen molar-refractivity contribution in [2.24, 2.45) is 17.4 Å². The minimum absolute atomic E-state index is 0. The maximum Gasteiger partial charge on any atom is 0.227 e. The van der Waals surface area contributed by atoms with Crippen LogP contribution in [0.3, 0.4) is 0 Å². The van der Waals surface area contributed by atoms with Crippen molar-refractivity contribution in [1.82, 2.24) is 0 Å². The smallest absolute Gasteiger partial charge is 0.227 e. The number of halogens is 1. The molecule has 2 amide bonds. The molecule has 0 saturated heterocycles. The second-order valence-electron chi connectivity index (χ2n) is 5.01. The SMILES string of the molecule is Cl.NC(=O)CSc1ccccc1NC(=O)C1CCC(N)C1. The number of rotatable bonds is 5. The molecule has 0 spiro atoms. The summed E-state index contributed by atoms with van der Waals surface area (Å²) in [6, 6.07) is 7.54. The number of anilines is 1. The van der Waals surface area contributed by atoms with Gasteiger partial charge in [0.2, 0.25) is 11.8 Å². The fourth-order valence-corrected chi connectivity index (χ4v) is 3.08. The van der Waals surface area contributed by atoms with Crippen LogP contribution in [0.25, 0.3) is 0 Å². The molecule has 2 atom stereocenters. The number of nitrogens with two attached hydrogens (primary N) is 2. The average molecular weight is 330 g/mol. The molecular weight excluding hydrogens is 310 g/mol. The predicted octanol–water partition coefficient (Wildman–Crippen LogP) is 1.75. The monoisotopic (exact) mass is 329 g/mol. The van der Waals surface area contributed by atoms with E-state index >= 15 is 0 Å². The van der Waals surface area contributed by atoms with E-state index in [9.17, 15) is 9.59 Å². The van der Waals surface area contributed by atoms with E-state index in [0.717, 1.165) is 29.8 Å². The number of amides is 2. The average Bonchev–Trinajstić information content (AvgIpc) is 2.84. The number of hydrogen-bond acceptors (Lipinski definition) is 4. The third-order valence-electron chi connectivity index (χ3n) is 3.36. The van der Waals surface area contributed by atoms with Gasteiger partial charge in [0, 0.05) is 16.9 Å². The van der Waals surface area contributed by atoms with Crippen molar-refractivity contribution >= 4 is 41.7 Å². The third-order valence-corrected chi connectivity index (χ3v) is 4.45. The van der Waals surface area contributed by atoms with Crippen LogP contribution in [0.4, 0.5) is 5.69 Å². The van der Waals surface area contributed by atoms with E-state index in [1.807, 2.05) is 24.3 Å². The molecule has 21 heavy (non-hydrogen) atoms. The summed E-state index contributed by atoms with van der Waals surface area (Å²) in [6.07, 6.45) is 2.47. The van der Waals surface area contributed by atoms with Crippen molar-refractivity contribution in [2.45, 2.75) is 30.2 Å². The van der Waals surface area contributed by atoms with E-state index in [-0.39, 0.29) is 41.9 Å². The van der Waals surface area contributed by atoms with Gasteiger partial charge in [-0.3, -0.25) is 9.59 Å². The van der Waals surface area contributed by atoms with Gasteiger partial charge in [0.05, 0.1) is 11.4 Å². The summed E-state index contributed by atoms with van der Waals surface area (Å²) in [6.45, 7) is 0. The maximum atomic E-state index is 12.2. The molecular formula is C14H20ClN3O2S. The highest BCUT2D eigenvalue weighted by molar-refractivity contribution is 8.00. The number of hydrogen-bond donors (Lipinski definition) is 3. The zero-order valence-corrected chi connectivity index (χ0v) is 13.2. The molecule has 0 aliphatic heterocycles. The lowest BCUT2D eigenvalue weighted by Crippen LogP contribution is -2.23.